The van der Waals surface area contributed by atoms with Gasteiger partial charge in [-0.15, -0.1) is 11.3 Å². The maximum Gasteiger partial charge on any atom is 0.259 e. The monoisotopic (exact) mass is 410 g/mol. The molecule has 6 nitrogen and oxygen atoms in total. The molecule has 4 aromatic rings. The second-order valence-electron chi connectivity index (χ2n) is 6.64. The van der Waals surface area contributed by atoms with E-state index >= 15 is 0 Å². The van der Waals surface area contributed by atoms with Crippen molar-refractivity contribution in [3.05, 3.63) is 85.8 Å². The van der Waals surface area contributed by atoms with Gasteiger partial charge in [-0.3, -0.25) is 14.0 Å². The van der Waals surface area contributed by atoms with Crippen molar-refractivity contribution < 1.29 is 4.39 Å². The molecule has 8 heteroatoms. The van der Waals surface area contributed by atoms with Gasteiger partial charge in [0.15, 0.2) is 4.96 Å². The van der Waals surface area contributed by atoms with Crippen LogP contribution in [-0.4, -0.2) is 20.9 Å². The first kappa shape index (κ1) is 19.1. The largest absolute Gasteiger partial charge is 0.366 e. The van der Waals surface area contributed by atoms with Crippen LogP contribution in [-0.2, 0) is 6.54 Å². The zero-order chi connectivity index (χ0) is 20.5. The van der Waals surface area contributed by atoms with Gasteiger partial charge in [0.05, 0.1) is 17.9 Å². The number of H-pyrrole nitrogens is 1. The third-order valence-electron chi connectivity index (χ3n) is 4.73. The zero-order valence-electron chi connectivity index (χ0n) is 16.0. The minimum atomic E-state index is -0.286. The van der Waals surface area contributed by atoms with Crippen molar-refractivity contribution >= 4 is 22.0 Å². The molecule has 0 saturated carbocycles. The molecule has 3 aromatic heterocycles. The molecule has 0 aliphatic rings. The maximum absolute atomic E-state index is 13.2. The van der Waals surface area contributed by atoms with Crippen LogP contribution in [0.15, 0.2) is 58.3 Å². The highest BCUT2D eigenvalue weighted by Crippen LogP contribution is 2.28. The number of anilines is 1. The summed E-state index contributed by atoms with van der Waals surface area (Å²) in [5.74, 6) is -0.286. The SMILES string of the molecule is CCN(Cc1cc(=O)n2c(-c3ccc(=O)[nH]c3)c(C)sc2n1)c1ccc(F)cc1. The first-order valence-corrected chi connectivity index (χ1v) is 9.99. The molecule has 0 saturated heterocycles. The van der Waals surface area contributed by atoms with Crippen molar-refractivity contribution in [1.82, 2.24) is 14.4 Å². The summed E-state index contributed by atoms with van der Waals surface area (Å²) in [6.07, 6.45) is 1.60. The van der Waals surface area contributed by atoms with Crippen molar-refractivity contribution in [3.8, 4) is 11.3 Å². The van der Waals surface area contributed by atoms with E-state index in [1.807, 2.05) is 18.7 Å². The average molecular weight is 410 g/mol. The Hall–Kier alpha value is -3.26. The van der Waals surface area contributed by atoms with Gasteiger partial charge in [0.25, 0.3) is 5.56 Å². The smallest absolute Gasteiger partial charge is 0.259 e. The fraction of sp³-hybridized carbons (Fsp3) is 0.190. The summed E-state index contributed by atoms with van der Waals surface area (Å²) in [7, 11) is 0. The predicted octanol–water partition coefficient (Wildman–Crippen LogP) is 3.59. The number of rotatable bonds is 5. The number of nitrogens with one attached hydrogen (secondary N) is 1. The number of hydrogen-bond donors (Lipinski definition) is 1. The van der Waals surface area contributed by atoms with E-state index in [9.17, 15) is 14.0 Å². The van der Waals surface area contributed by atoms with Gasteiger partial charge in [-0.2, -0.15) is 0 Å². The minimum Gasteiger partial charge on any atom is -0.366 e. The van der Waals surface area contributed by atoms with Gasteiger partial charge < -0.3 is 9.88 Å². The van der Waals surface area contributed by atoms with Crippen LogP contribution in [0, 0.1) is 12.7 Å². The molecule has 1 N–H and O–H groups in total. The summed E-state index contributed by atoms with van der Waals surface area (Å²) in [5.41, 5.74) is 2.63. The molecule has 0 amide bonds. The Balaban J connectivity index is 1.74. The zero-order valence-corrected chi connectivity index (χ0v) is 16.8. The Morgan fingerprint density at radius 1 is 1.17 bits per heavy atom. The number of pyridine rings is 1. The van der Waals surface area contributed by atoms with Crippen molar-refractivity contribution in [3.63, 3.8) is 0 Å². The van der Waals surface area contributed by atoms with Gasteiger partial charge >= 0.3 is 0 Å². The highest BCUT2D eigenvalue weighted by Gasteiger charge is 2.16. The van der Waals surface area contributed by atoms with Crippen LogP contribution in [0.2, 0.25) is 0 Å². The molecule has 0 fully saturated rings. The number of aromatic amines is 1. The van der Waals surface area contributed by atoms with E-state index in [1.165, 1.54) is 35.6 Å². The van der Waals surface area contributed by atoms with Gasteiger partial charge in [-0.05, 0) is 44.2 Å². The van der Waals surface area contributed by atoms with Crippen LogP contribution < -0.4 is 16.0 Å². The molecule has 0 bridgehead atoms. The molecular weight excluding hydrogens is 391 g/mol. The van der Waals surface area contributed by atoms with Crippen LogP contribution in [0.4, 0.5) is 10.1 Å². The highest BCUT2D eigenvalue weighted by atomic mass is 32.1. The van der Waals surface area contributed by atoms with Gasteiger partial charge in [0.2, 0.25) is 5.56 Å². The average Bonchev–Trinajstić information content (AvgIpc) is 3.04. The Morgan fingerprint density at radius 3 is 2.59 bits per heavy atom. The van der Waals surface area contributed by atoms with Gasteiger partial charge in [0.1, 0.15) is 5.82 Å². The molecule has 0 atom stereocenters. The minimum absolute atomic E-state index is 0.175. The van der Waals surface area contributed by atoms with Crippen LogP contribution in [0.5, 0.6) is 0 Å². The lowest BCUT2D eigenvalue weighted by molar-refractivity contribution is 0.627. The van der Waals surface area contributed by atoms with E-state index in [1.54, 1.807) is 28.8 Å². The molecule has 4 rings (SSSR count). The third-order valence-corrected chi connectivity index (χ3v) is 5.68. The number of halogens is 1. The Morgan fingerprint density at radius 2 is 1.93 bits per heavy atom. The molecule has 29 heavy (non-hydrogen) atoms. The van der Waals surface area contributed by atoms with E-state index in [0.29, 0.717) is 23.7 Å². The van der Waals surface area contributed by atoms with Gasteiger partial charge in [0, 0.05) is 41.0 Å². The van der Waals surface area contributed by atoms with E-state index in [2.05, 4.69) is 9.97 Å². The molecule has 1 aromatic carbocycles. The fourth-order valence-electron chi connectivity index (χ4n) is 3.33. The van der Waals surface area contributed by atoms with Crippen LogP contribution in [0.1, 0.15) is 17.5 Å². The molecule has 0 radical (unpaired) electrons. The second kappa shape index (κ2) is 7.63. The summed E-state index contributed by atoms with van der Waals surface area (Å²) in [4.78, 5) is 35.2. The summed E-state index contributed by atoms with van der Waals surface area (Å²) in [5, 5.41) is 0. The lowest BCUT2D eigenvalue weighted by atomic mass is 10.2. The number of fused-ring (bicyclic) bond motifs is 1. The first-order valence-electron chi connectivity index (χ1n) is 9.18. The van der Waals surface area contributed by atoms with Crippen molar-refractivity contribution in [2.45, 2.75) is 20.4 Å². The van der Waals surface area contributed by atoms with Crippen LogP contribution >= 0.6 is 11.3 Å². The van der Waals surface area contributed by atoms with E-state index in [-0.39, 0.29) is 16.9 Å². The quantitative estimate of drug-likeness (QED) is 0.546. The lowest BCUT2D eigenvalue weighted by Crippen LogP contribution is -2.24. The van der Waals surface area contributed by atoms with Crippen molar-refractivity contribution in [2.75, 3.05) is 11.4 Å². The van der Waals surface area contributed by atoms with Crippen LogP contribution in [0.25, 0.3) is 16.2 Å². The maximum atomic E-state index is 13.2. The molecule has 0 aliphatic carbocycles. The summed E-state index contributed by atoms with van der Waals surface area (Å²) in [6.45, 7) is 5.06. The second-order valence-corrected chi connectivity index (χ2v) is 7.82. The van der Waals surface area contributed by atoms with Crippen molar-refractivity contribution in [1.29, 1.82) is 0 Å². The topological polar surface area (TPSA) is 70.5 Å². The van der Waals surface area contributed by atoms with E-state index in [4.69, 9.17) is 0 Å². The highest BCUT2D eigenvalue weighted by molar-refractivity contribution is 7.17. The number of benzene rings is 1. The summed E-state index contributed by atoms with van der Waals surface area (Å²) in [6, 6.07) is 10.9. The van der Waals surface area contributed by atoms with E-state index in [0.717, 1.165) is 21.8 Å². The molecule has 0 spiro atoms. The number of aryl methyl sites for hydroxylation is 1. The molecule has 3 heterocycles. The molecular formula is C21H19FN4O2S. The van der Waals surface area contributed by atoms with Crippen LogP contribution in [0.3, 0.4) is 0 Å². The normalized spacial score (nSPS) is 11.1. The van der Waals surface area contributed by atoms with Crippen molar-refractivity contribution in [2.24, 2.45) is 0 Å². The predicted molar refractivity (Wildman–Crippen MR) is 113 cm³/mol. The Labute approximate surface area is 169 Å². The Kier molecular flexibility index (Phi) is 5.02. The Bertz CT molecular complexity index is 1270. The number of aromatic nitrogens is 3. The number of thiazole rings is 1. The fourth-order valence-corrected chi connectivity index (χ4v) is 4.34. The summed E-state index contributed by atoms with van der Waals surface area (Å²) >= 11 is 1.43. The number of nitrogens with zero attached hydrogens (tertiary/aromatic N) is 3. The molecule has 0 unspecified atom stereocenters. The van der Waals surface area contributed by atoms with Gasteiger partial charge in [-0.25, -0.2) is 9.37 Å². The molecule has 148 valence electrons. The van der Waals surface area contributed by atoms with Gasteiger partial charge in [-0.1, -0.05) is 0 Å². The van der Waals surface area contributed by atoms with E-state index < -0.39 is 0 Å². The molecule has 0 aliphatic heterocycles. The number of hydrogen-bond acceptors (Lipinski definition) is 5. The summed E-state index contributed by atoms with van der Waals surface area (Å²) < 4.78 is 14.8. The first-order chi connectivity index (χ1) is 14.0. The third kappa shape index (κ3) is 3.71. The lowest BCUT2D eigenvalue weighted by Gasteiger charge is -2.22. The standard InChI is InChI=1S/C21H19FN4O2S/c1-3-25(17-7-5-15(22)6-8-17)12-16-10-19(28)26-20(13(2)29-21(26)24-16)14-4-9-18(27)23-11-14/h4-11H,3,12H2,1-2H3,(H,23,27).